The summed E-state index contributed by atoms with van der Waals surface area (Å²) in [5.41, 5.74) is 1.04. The van der Waals surface area contributed by atoms with Crippen molar-refractivity contribution in [3.63, 3.8) is 0 Å². The number of aryl methyl sites for hydroxylation is 1. The highest BCUT2D eigenvalue weighted by atomic mass is 19.1. The average Bonchev–Trinajstić information content (AvgIpc) is 2.26. The Balaban J connectivity index is 2.31. The molecule has 0 bridgehead atoms. The number of carbonyl (C=O) groups excluding carboxylic acids is 2. The second-order valence-electron chi connectivity index (χ2n) is 3.73. The largest absolute Gasteiger partial charge is 0.345 e. The van der Waals surface area contributed by atoms with Gasteiger partial charge in [0.1, 0.15) is 11.9 Å². The van der Waals surface area contributed by atoms with Crippen molar-refractivity contribution in [1.29, 1.82) is 0 Å². The van der Waals surface area contributed by atoms with E-state index >= 15 is 0 Å². The second kappa shape index (κ2) is 3.92. The van der Waals surface area contributed by atoms with Gasteiger partial charge in [0.25, 0.3) is 0 Å². The molecule has 2 rings (SSSR count). The molecule has 1 saturated heterocycles. The Morgan fingerprint density at radius 1 is 1.38 bits per heavy atom. The highest BCUT2D eigenvalue weighted by Gasteiger charge is 2.27. The van der Waals surface area contributed by atoms with Crippen LogP contribution in [0.15, 0.2) is 18.2 Å². The van der Waals surface area contributed by atoms with Crippen LogP contribution in [0.5, 0.6) is 0 Å². The van der Waals surface area contributed by atoms with E-state index < -0.39 is 6.04 Å². The highest BCUT2D eigenvalue weighted by molar-refractivity contribution is 5.95. The van der Waals surface area contributed by atoms with E-state index in [1.54, 1.807) is 13.0 Å². The first kappa shape index (κ1) is 10.6. The molecule has 0 saturated carbocycles. The van der Waals surface area contributed by atoms with Gasteiger partial charge in [-0.05, 0) is 24.1 Å². The van der Waals surface area contributed by atoms with Gasteiger partial charge in [0.15, 0.2) is 0 Å². The quantitative estimate of drug-likeness (QED) is 0.723. The summed E-state index contributed by atoms with van der Waals surface area (Å²) >= 11 is 0. The lowest BCUT2D eigenvalue weighted by Gasteiger charge is -2.23. The fourth-order valence-electron chi connectivity index (χ4n) is 1.63. The lowest BCUT2D eigenvalue weighted by atomic mass is 10.0. The predicted molar refractivity (Wildman–Crippen MR) is 55.0 cm³/mol. The van der Waals surface area contributed by atoms with E-state index in [1.807, 2.05) is 0 Å². The summed E-state index contributed by atoms with van der Waals surface area (Å²) in [5, 5.41) is 5.03. The fraction of sp³-hybridized carbons (Fsp3) is 0.273. The van der Waals surface area contributed by atoms with Gasteiger partial charge in [-0.25, -0.2) is 4.39 Å². The standard InChI is InChI=1S/C11H11FN2O2/c1-6-4-7(2-3-8(6)12)10-11(16)13-5-9(15)14-10/h2-4,10H,5H2,1H3,(H,13,16)(H,14,15). The fourth-order valence-corrected chi connectivity index (χ4v) is 1.63. The molecule has 0 radical (unpaired) electrons. The molecule has 0 spiro atoms. The summed E-state index contributed by atoms with van der Waals surface area (Å²) in [7, 11) is 0. The number of hydrogen-bond donors (Lipinski definition) is 2. The second-order valence-corrected chi connectivity index (χ2v) is 3.73. The van der Waals surface area contributed by atoms with Crippen LogP contribution in [-0.4, -0.2) is 18.4 Å². The lowest BCUT2D eigenvalue weighted by Crippen LogP contribution is -2.51. The van der Waals surface area contributed by atoms with Gasteiger partial charge in [0, 0.05) is 0 Å². The van der Waals surface area contributed by atoms with Gasteiger partial charge >= 0.3 is 0 Å². The topological polar surface area (TPSA) is 58.2 Å². The predicted octanol–water partition coefficient (Wildman–Crippen LogP) is 0.421. The number of amides is 2. The summed E-state index contributed by atoms with van der Waals surface area (Å²) in [5.74, 6) is -0.844. The van der Waals surface area contributed by atoms with E-state index in [0.29, 0.717) is 11.1 Å². The molecule has 1 atom stereocenters. The van der Waals surface area contributed by atoms with Crippen LogP contribution in [0.25, 0.3) is 0 Å². The molecule has 0 aliphatic carbocycles. The molecule has 84 valence electrons. The van der Waals surface area contributed by atoms with Crippen LogP contribution in [-0.2, 0) is 9.59 Å². The number of benzene rings is 1. The molecular weight excluding hydrogens is 211 g/mol. The van der Waals surface area contributed by atoms with Crippen LogP contribution in [0.2, 0.25) is 0 Å². The third-order valence-electron chi connectivity index (χ3n) is 2.51. The third-order valence-corrected chi connectivity index (χ3v) is 2.51. The van der Waals surface area contributed by atoms with Gasteiger partial charge in [0.05, 0.1) is 6.54 Å². The number of piperazine rings is 1. The normalized spacial score (nSPS) is 20.2. The zero-order valence-corrected chi connectivity index (χ0v) is 8.71. The highest BCUT2D eigenvalue weighted by Crippen LogP contribution is 2.18. The van der Waals surface area contributed by atoms with Crippen molar-refractivity contribution in [2.24, 2.45) is 0 Å². The van der Waals surface area contributed by atoms with Crippen LogP contribution in [0.4, 0.5) is 4.39 Å². The van der Waals surface area contributed by atoms with Crippen LogP contribution in [0.3, 0.4) is 0 Å². The minimum atomic E-state index is -0.722. The zero-order chi connectivity index (χ0) is 11.7. The summed E-state index contributed by atoms with van der Waals surface area (Å²) in [6, 6.07) is 3.63. The third kappa shape index (κ3) is 1.88. The Morgan fingerprint density at radius 3 is 2.81 bits per heavy atom. The summed E-state index contributed by atoms with van der Waals surface area (Å²) in [6.45, 7) is 1.61. The number of rotatable bonds is 1. The Labute approximate surface area is 91.8 Å². The smallest absolute Gasteiger partial charge is 0.247 e. The number of hydrogen-bond acceptors (Lipinski definition) is 2. The SMILES string of the molecule is Cc1cc(C2NC(=O)CNC2=O)ccc1F. The molecule has 2 amide bonds. The Kier molecular flexibility index (Phi) is 2.60. The van der Waals surface area contributed by atoms with Gasteiger partial charge < -0.3 is 10.6 Å². The Hall–Kier alpha value is -1.91. The first-order valence-electron chi connectivity index (χ1n) is 4.91. The number of nitrogens with one attached hydrogen (secondary N) is 2. The molecule has 1 heterocycles. The Morgan fingerprint density at radius 2 is 2.12 bits per heavy atom. The molecule has 1 aliphatic rings. The van der Waals surface area contributed by atoms with Gasteiger partial charge in [-0.3, -0.25) is 9.59 Å². The maximum atomic E-state index is 13.1. The van der Waals surface area contributed by atoms with Crippen LogP contribution in [0, 0.1) is 12.7 Å². The maximum absolute atomic E-state index is 13.1. The summed E-state index contributed by atoms with van der Waals surface area (Å²) in [6.07, 6.45) is 0. The molecule has 0 aromatic heterocycles. The molecule has 1 aromatic rings. The van der Waals surface area contributed by atoms with Gasteiger partial charge in [0.2, 0.25) is 11.8 Å². The zero-order valence-electron chi connectivity index (χ0n) is 8.71. The molecule has 2 N–H and O–H groups in total. The van der Waals surface area contributed by atoms with Crippen molar-refractivity contribution >= 4 is 11.8 Å². The molecule has 4 nitrogen and oxygen atoms in total. The van der Waals surface area contributed by atoms with Crippen molar-refractivity contribution in [3.05, 3.63) is 35.1 Å². The minimum Gasteiger partial charge on any atom is -0.345 e. The monoisotopic (exact) mass is 222 g/mol. The summed E-state index contributed by atoms with van der Waals surface area (Å²) in [4.78, 5) is 22.7. The molecule has 1 fully saturated rings. The number of halogens is 1. The van der Waals surface area contributed by atoms with Crippen molar-refractivity contribution in [1.82, 2.24) is 10.6 Å². The van der Waals surface area contributed by atoms with Crippen molar-refractivity contribution in [2.45, 2.75) is 13.0 Å². The molecule has 5 heteroatoms. The van der Waals surface area contributed by atoms with Gasteiger partial charge in [-0.1, -0.05) is 12.1 Å². The van der Waals surface area contributed by atoms with Crippen molar-refractivity contribution < 1.29 is 14.0 Å². The lowest BCUT2D eigenvalue weighted by molar-refractivity contribution is -0.133. The summed E-state index contributed by atoms with van der Waals surface area (Å²) < 4.78 is 13.1. The van der Waals surface area contributed by atoms with Crippen molar-refractivity contribution in [2.75, 3.05) is 6.54 Å². The van der Waals surface area contributed by atoms with E-state index in [2.05, 4.69) is 10.6 Å². The number of carbonyl (C=O) groups is 2. The van der Waals surface area contributed by atoms with Crippen LogP contribution in [0.1, 0.15) is 17.2 Å². The first-order valence-corrected chi connectivity index (χ1v) is 4.91. The van der Waals surface area contributed by atoms with Gasteiger partial charge in [-0.2, -0.15) is 0 Å². The van der Waals surface area contributed by atoms with Crippen LogP contribution < -0.4 is 10.6 Å². The molecule has 1 aromatic carbocycles. The molecule has 1 unspecified atom stereocenters. The molecule has 16 heavy (non-hydrogen) atoms. The van der Waals surface area contributed by atoms with Gasteiger partial charge in [-0.15, -0.1) is 0 Å². The average molecular weight is 222 g/mol. The maximum Gasteiger partial charge on any atom is 0.247 e. The van der Waals surface area contributed by atoms with Crippen molar-refractivity contribution in [3.8, 4) is 0 Å². The molecule has 1 aliphatic heterocycles. The van der Waals surface area contributed by atoms with E-state index in [9.17, 15) is 14.0 Å². The van der Waals surface area contributed by atoms with E-state index in [0.717, 1.165) is 0 Å². The van der Waals surface area contributed by atoms with E-state index in [-0.39, 0.29) is 24.2 Å². The first-order chi connectivity index (χ1) is 7.58. The molecular formula is C11H11FN2O2. The Bertz CT molecular complexity index is 459. The van der Waals surface area contributed by atoms with E-state index in [1.165, 1.54) is 12.1 Å². The minimum absolute atomic E-state index is 0.00445. The van der Waals surface area contributed by atoms with E-state index in [4.69, 9.17) is 0 Å². The van der Waals surface area contributed by atoms with Crippen LogP contribution >= 0.6 is 0 Å².